The van der Waals surface area contributed by atoms with Crippen LogP contribution >= 0.6 is 11.6 Å². The fraction of sp³-hybridized carbons (Fsp3) is 0.600. The first-order chi connectivity index (χ1) is 8.54. The smallest absolute Gasteiger partial charge is 0.122 e. The van der Waals surface area contributed by atoms with Crippen molar-refractivity contribution < 1.29 is 4.74 Å². The molecule has 1 aromatic carbocycles. The van der Waals surface area contributed by atoms with Crippen molar-refractivity contribution in [3.8, 4) is 5.75 Å². The van der Waals surface area contributed by atoms with Gasteiger partial charge in [0.1, 0.15) is 11.9 Å². The zero-order valence-electron chi connectivity index (χ0n) is 11.8. The molecule has 1 unspecified atom stereocenters. The van der Waals surface area contributed by atoms with Crippen LogP contribution in [0.25, 0.3) is 0 Å². The summed E-state index contributed by atoms with van der Waals surface area (Å²) in [5.41, 5.74) is 1.09. The van der Waals surface area contributed by atoms with Gasteiger partial charge < -0.3 is 10.1 Å². The van der Waals surface area contributed by atoms with Gasteiger partial charge >= 0.3 is 0 Å². The van der Waals surface area contributed by atoms with Crippen molar-refractivity contribution in [3.05, 3.63) is 28.8 Å². The summed E-state index contributed by atoms with van der Waals surface area (Å²) in [4.78, 5) is 0. The third-order valence-corrected chi connectivity index (χ3v) is 3.17. The summed E-state index contributed by atoms with van der Waals surface area (Å²) >= 11 is 5.95. The first-order valence-corrected chi connectivity index (χ1v) is 7.06. The van der Waals surface area contributed by atoms with Crippen molar-refractivity contribution in [2.24, 2.45) is 5.92 Å². The van der Waals surface area contributed by atoms with Crippen molar-refractivity contribution in [1.82, 2.24) is 5.32 Å². The van der Waals surface area contributed by atoms with Gasteiger partial charge in [0, 0.05) is 11.6 Å². The van der Waals surface area contributed by atoms with E-state index in [1.807, 2.05) is 25.1 Å². The molecule has 0 radical (unpaired) electrons. The lowest BCUT2D eigenvalue weighted by Gasteiger charge is -2.24. The summed E-state index contributed by atoms with van der Waals surface area (Å²) in [6.07, 6.45) is 1.33. The van der Waals surface area contributed by atoms with E-state index in [9.17, 15) is 0 Å². The van der Waals surface area contributed by atoms with Crippen molar-refractivity contribution >= 4 is 11.6 Å². The minimum atomic E-state index is 0.191. The molecule has 0 aliphatic rings. The molecular formula is C15H24ClNO. The van der Waals surface area contributed by atoms with Crippen molar-refractivity contribution in [3.63, 3.8) is 0 Å². The lowest BCUT2D eigenvalue weighted by molar-refractivity contribution is 0.148. The van der Waals surface area contributed by atoms with E-state index in [1.165, 1.54) is 0 Å². The van der Waals surface area contributed by atoms with E-state index in [0.29, 0.717) is 5.92 Å². The SMILES string of the molecule is CCCNCC(Oc1ccc(Cl)cc1C)C(C)C. The molecule has 1 N–H and O–H groups in total. The monoisotopic (exact) mass is 269 g/mol. The van der Waals surface area contributed by atoms with Crippen LogP contribution in [0.2, 0.25) is 5.02 Å². The lowest BCUT2D eigenvalue weighted by Crippen LogP contribution is -2.35. The van der Waals surface area contributed by atoms with Crippen LogP contribution in [0, 0.1) is 12.8 Å². The third kappa shape index (κ3) is 4.87. The summed E-state index contributed by atoms with van der Waals surface area (Å²) in [6.45, 7) is 10.5. The Balaban J connectivity index is 2.64. The van der Waals surface area contributed by atoms with Gasteiger partial charge in [0.15, 0.2) is 0 Å². The summed E-state index contributed by atoms with van der Waals surface area (Å²) in [6, 6.07) is 5.77. The van der Waals surface area contributed by atoms with Crippen LogP contribution in [0.4, 0.5) is 0 Å². The number of halogens is 1. The van der Waals surface area contributed by atoms with Gasteiger partial charge in [-0.25, -0.2) is 0 Å². The predicted molar refractivity (Wildman–Crippen MR) is 78.6 cm³/mol. The number of ether oxygens (including phenoxy) is 1. The van der Waals surface area contributed by atoms with Gasteiger partial charge in [-0.05, 0) is 49.6 Å². The standard InChI is InChI=1S/C15H24ClNO/c1-5-8-17-10-15(11(2)3)18-14-7-6-13(16)9-12(14)4/h6-7,9,11,15,17H,5,8,10H2,1-4H3. The van der Waals surface area contributed by atoms with E-state index in [4.69, 9.17) is 16.3 Å². The third-order valence-electron chi connectivity index (χ3n) is 2.93. The molecule has 102 valence electrons. The van der Waals surface area contributed by atoms with E-state index in [0.717, 1.165) is 35.8 Å². The molecule has 1 atom stereocenters. The summed E-state index contributed by atoms with van der Waals surface area (Å²) in [7, 11) is 0. The number of hydrogen-bond acceptors (Lipinski definition) is 2. The highest BCUT2D eigenvalue weighted by molar-refractivity contribution is 6.30. The van der Waals surface area contributed by atoms with Gasteiger partial charge in [0.25, 0.3) is 0 Å². The maximum absolute atomic E-state index is 6.09. The van der Waals surface area contributed by atoms with Crippen LogP contribution in [0.15, 0.2) is 18.2 Å². The van der Waals surface area contributed by atoms with Crippen LogP contribution in [0.3, 0.4) is 0 Å². The first-order valence-electron chi connectivity index (χ1n) is 6.68. The van der Waals surface area contributed by atoms with Crippen molar-refractivity contribution in [1.29, 1.82) is 0 Å². The molecule has 0 saturated carbocycles. The van der Waals surface area contributed by atoms with Gasteiger partial charge in [-0.15, -0.1) is 0 Å². The van der Waals surface area contributed by atoms with Gasteiger partial charge in [-0.3, -0.25) is 0 Å². The molecule has 0 fully saturated rings. The topological polar surface area (TPSA) is 21.3 Å². The Hall–Kier alpha value is -0.730. The largest absolute Gasteiger partial charge is 0.489 e. The number of nitrogens with one attached hydrogen (secondary N) is 1. The van der Waals surface area contributed by atoms with Gasteiger partial charge in [0.2, 0.25) is 0 Å². The average molecular weight is 270 g/mol. The van der Waals surface area contributed by atoms with E-state index in [-0.39, 0.29) is 6.10 Å². The quantitative estimate of drug-likeness (QED) is 0.754. The van der Waals surface area contributed by atoms with Crippen LogP contribution in [-0.4, -0.2) is 19.2 Å². The second-order valence-corrected chi connectivity index (χ2v) is 5.45. The fourth-order valence-electron chi connectivity index (χ4n) is 1.74. The number of benzene rings is 1. The molecule has 0 aromatic heterocycles. The molecule has 0 amide bonds. The Morgan fingerprint density at radius 2 is 2.06 bits per heavy atom. The second-order valence-electron chi connectivity index (χ2n) is 5.01. The molecule has 0 spiro atoms. The van der Waals surface area contributed by atoms with Gasteiger partial charge in [-0.2, -0.15) is 0 Å². The molecule has 3 heteroatoms. The molecule has 1 aromatic rings. The molecule has 1 rings (SSSR count). The second kappa shape index (κ2) is 7.65. The number of rotatable bonds is 7. The van der Waals surface area contributed by atoms with Crippen molar-refractivity contribution in [2.45, 2.75) is 40.2 Å². The molecule has 0 bridgehead atoms. The van der Waals surface area contributed by atoms with E-state index < -0.39 is 0 Å². The molecule has 0 aliphatic carbocycles. The molecule has 18 heavy (non-hydrogen) atoms. The molecule has 0 saturated heterocycles. The normalized spacial score (nSPS) is 12.8. The van der Waals surface area contributed by atoms with Crippen LogP contribution in [-0.2, 0) is 0 Å². The van der Waals surface area contributed by atoms with Gasteiger partial charge in [-0.1, -0.05) is 32.4 Å². The maximum atomic E-state index is 6.09. The maximum Gasteiger partial charge on any atom is 0.122 e. The van der Waals surface area contributed by atoms with Crippen LogP contribution in [0.5, 0.6) is 5.75 Å². The summed E-state index contributed by atoms with van der Waals surface area (Å²) < 4.78 is 6.09. The Labute approximate surface area is 116 Å². The molecule has 2 nitrogen and oxygen atoms in total. The Morgan fingerprint density at radius 3 is 2.61 bits per heavy atom. The Morgan fingerprint density at radius 1 is 1.33 bits per heavy atom. The number of aryl methyl sites for hydroxylation is 1. The van der Waals surface area contributed by atoms with E-state index in [1.54, 1.807) is 0 Å². The lowest BCUT2D eigenvalue weighted by atomic mass is 10.1. The van der Waals surface area contributed by atoms with Gasteiger partial charge in [0.05, 0.1) is 0 Å². The highest BCUT2D eigenvalue weighted by Crippen LogP contribution is 2.24. The predicted octanol–water partition coefficient (Wildman–Crippen LogP) is 4.05. The minimum absolute atomic E-state index is 0.191. The minimum Gasteiger partial charge on any atom is -0.489 e. The summed E-state index contributed by atoms with van der Waals surface area (Å²) in [5, 5.41) is 4.17. The Bertz CT molecular complexity index is 366. The highest BCUT2D eigenvalue weighted by atomic mass is 35.5. The van der Waals surface area contributed by atoms with Crippen LogP contribution < -0.4 is 10.1 Å². The van der Waals surface area contributed by atoms with Crippen molar-refractivity contribution in [2.75, 3.05) is 13.1 Å². The fourth-order valence-corrected chi connectivity index (χ4v) is 1.97. The Kier molecular flexibility index (Phi) is 6.51. The average Bonchev–Trinajstić information content (AvgIpc) is 2.30. The highest BCUT2D eigenvalue weighted by Gasteiger charge is 2.15. The van der Waals surface area contributed by atoms with E-state index >= 15 is 0 Å². The zero-order chi connectivity index (χ0) is 13.5. The number of hydrogen-bond donors (Lipinski definition) is 1. The molecule has 0 aliphatic heterocycles. The summed E-state index contributed by atoms with van der Waals surface area (Å²) in [5.74, 6) is 1.40. The van der Waals surface area contributed by atoms with Crippen LogP contribution in [0.1, 0.15) is 32.8 Å². The zero-order valence-corrected chi connectivity index (χ0v) is 12.6. The first kappa shape index (κ1) is 15.3. The molecular weight excluding hydrogens is 246 g/mol. The van der Waals surface area contributed by atoms with E-state index in [2.05, 4.69) is 26.1 Å². The molecule has 0 heterocycles.